The van der Waals surface area contributed by atoms with Crippen LogP contribution < -0.4 is 0 Å². The van der Waals surface area contributed by atoms with Crippen molar-refractivity contribution in [3.05, 3.63) is 51.4 Å². The van der Waals surface area contributed by atoms with E-state index in [1.54, 1.807) is 0 Å². The van der Waals surface area contributed by atoms with Crippen LogP contribution in [0.2, 0.25) is 0 Å². The summed E-state index contributed by atoms with van der Waals surface area (Å²) in [4.78, 5) is 8.01. The van der Waals surface area contributed by atoms with E-state index in [1.165, 1.54) is 0 Å². The van der Waals surface area contributed by atoms with Gasteiger partial charge in [0.05, 0.1) is 4.86 Å². The Morgan fingerprint density at radius 1 is 0.526 bits per heavy atom. The quantitative estimate of drug-likeness (QED) is 0.0969. The van der Waals surface area contributed by atoms with E-state index in [2.05, 4.69) is 50.5 Å². The highest BCUT2D eigenvalue weighted by molar-refractivity contribution is 7.91. The maximum atomic E-state index is 5.90. The number of benzene rings is 3. The molecule has 0 nitrogen and oxygen atoms in total. The van der Waals surface area contributed by atoms with Gasteiger partial charge >= 0.3 is 0 Å². The van der Waals surface area contributed by atoms with E-state index in [0.29, 0.717) is 50.3 Å². The predicted molar refractivity (Wildman–Crippen MR) is 202 cm³/mol. The molecule has 196 valence electrons. The lowest BCUT2D eigenvalue weighted by Crippen LogP contribution is -2.14. The smallest absolute Gasteiger partial charge is 0.0596 e. The van der Waals surface area contributed by atoms with Gasteiger partial charge in [0.15, 0.2) is 0 Å². The summed E-state index contributed by atoms with van der Waals surface area (Å²) in [5, 5.41) is 0. The van der Waals surface area contributed by atoms with Gasteiger partial charge in [0.2, 0.25) is 0 Å². The molecule has 3 aromatic rings. The molecule has 0 heterocycles. The van der Waals surface area contributed by atoms with Gasteiger partial charge in [-0.2, -0.15) is 0 Å². The molecule has 0 unspecified atom stereocenters. The molecule has 1 aliphatic carbocycles. The topological polar surface area (TPSA) is 0 Å². The molecule has 3 aromatic carbocycles. The Hall–Kier alpha value is 0.820. The third-order valence-electron chi connectivity index (χ3n) is 6.30. The van der Waals surface area contributed by atoms with Crippen molar-refractivity contribution in [3.8, 4) is 11.1 Å². The van der Waals surface area contributed by atoms with Gasteiger partial charge in [-0.15, -0.1) is 126 Å². The minimum atomic E-state index is 0.524. The van der Waals surface area contributed by atoms with Crippen molar-refractivity contribution in [2.24, 2.45) is 0 Å². The lowest BCUT2D eigenvalue weighted by Gasteiger charge is -2.25. The number of allylic oxidation sites excluding steroid dienone is 4. The fourth-order valence-corrected chi connectivity index (χ4v) is 8.04. The summed E-state index contributed by atoms with van der Waals surface area (Å²) < 4.78 is 0. The van der Waals surface area contributed by atoms with Gasteiger partial charge < -0.3 is 0 Å². The molecule has 0 saturated heterocycles. The number of thiocarbonyl (C=S) groups is 2. The van der Waals surface area contributed by atoms with Crippen LogP contribution in [0, 0.1) is 13.8 Å². The first-order valence-electron chi connectivity index (χ1n) is 10.7. The summed E-state index contributed by atoms with van der Waals surface area (Å²) in [5.74, 6) is 0. The summed E-state index contributed by atoms with van der Waals surface area (Å²) in [6, 6.07) is 5.76. The molecule has 0 atom stereocenters. The fraction of sp³-hybridized carbons (Fsp3) is 0.0769. The van der Waals surface area contributed by atoms with Crippen LogP contribution in [0.3, 0.4) is 0 Å². The molecule has 0 aromatic heterocycles. The molecule has 0 radical (unpaired) electrons. The zero-order valence-corrected chi connectivity index (χ0v) is 30.2. The maximum Gasteiger partial charge on any atom is 0.0596 e. The molecule has 0 spiro atoms. The van der Waals surface area contributed by atoms with E-state index in [1.807, 2.05) is 38.1 Å². The Bertz CT molecular complexity index is 1660. The van der Waals surface area contributed by atoms with Crippen LogP contribution in [-0.2, 0) is 0 Å². The fourth-order valence-electron chi connectivity index (χ4n) is 4.06. The van der Waals surface area contributed by atoms with Crippen molar-refractivity contribution in [1.82, 2.24) is 0 Å². The van der Waals surface area contributed by atoms with Crippen molar-refractivity contribution in [2.45, 2.75) is 57.9 Å². The van der Waals surface area contributed by atoms with Crippen LogP contribution in [0.4, 0.5) is 0 Å². The summed E-state index contributed by atoms with van der Waals surface area (Å²) in [5.41, 5.74) is 6.41. The molecule has 0 amide bonds. The average molecular weight is 717 g/mol. The zero-order chi connectivity index (χ0) is 28.4. The van der Waals surface area contributed by atoms with E-state index in [9.17, 15) is 0 Å². The third-order valence-corrected chi connectivity index (χ3v) is 12.4. The first kappa shape index (κ1) is 31.7. The molecule has 4 rings (SSSR count). The van der Waals surface area contributed by atoms with Gasteiger partial charge in [-0.3, -0.25) is 0 Å². The van der Waals surface area contributed by atoms with Crippen LogP contribution in [0.25, 0.3) is 22.3 Å². The molecular formula is C26H20S12. The molecule has 0 aliphatic heterocycles. The van der Waals surface area contributed by atoms with E-state index < -0.39 is 0 Å². The summed E-state index contributed by atoms with van der Waals surface area (Å²) in [6.07, 6.45) is 1.86. The number of hydrogen-bond acceptors (Lipinski definition) is 12. The minimum Gasteiger partial charge on any atom is -0.143 e. The van der Waals surface area contributed by atoms with Crippen LogP contribution >= 0.6 is 151 Å². The van der Waals surface area contributed by atoms with Crippen molar-refractivity contribution in [3.63, 3.8) is 0 Å². The van der Waals surface area contributed by atoms with Crippen molar-refractivity contribution in [1.29, 1.82) is 0 Å². The van der Waals surface area contributed by atoms with Crippen LogP contribution in [0.1, 0.15) is 22.3 Å². The Morgan fingerprint density at radius 2 is 0.974 bits per heavy atom. The number of rotatable bonds is 3. The van der Waals surface area contributed by atoms with Crippen molar-refractivity contribution in [2.75, 3.05) is 0 Å². The second kappa shape index (κ2) is 12.2. The van der Waals surface area contributed by atoms with Gasteiger partial charge in [0.1, 0.15) is 0 Å². The second-order valence-corrected chi connectivity index (χ2v) is 13.9. The van der Waals surface area contributed by atoms with E-state index in [-0.39, 0.29) is 0 Å². The largest absolute Gasteiger partial charge is 0.143 e. The molecule has 38 heavy (non-hydrogen) atoms. The van der Waals surface area contributed by atoms with Crippen LogP contribution in [0.5, 0.6) is 0 Å². The SMILES string of the molecule is Cc1c(S)cc(C2=C(S)C(=S)C(c3cc(S)c(-c4cc(S)c(C)c(S)c4S)c(S)c3S)=CC2=S)c(S)c1S. The molecular weight excluding hydrogens is 697 g/mol. The Morgan fingerprint density at radius 3 is 1.53 bits per heavy atom. The summed E-state index contributed by atoms with van der Waals surface area (Å²) in [6.45, 7) is 3.89. The molecule has 0 fully saturated rings. The van der Waals surface area contributed by atoms with Gasteiger partial charge in [0.25, 0.3) is 0 Å². The van der Waals surface area contributed by atoms with E-state index in [4.69, 9.17) is 100 Å². The highest BCUT2D eigenvalue weighted by atomic mass is 32.1. The molecule has 12 heteroatoms. The van der Waals surface area contributed by atoms with Gasteiger partial charge in [-0.05, 0) is 65.9 Å². The zero-order valence-electron chi connectivity index (χ0n) is 19.6. The lowest BCUT2D eigenvalue weighted by molar-refractivity contribution is 1.09. The third kappa shape index (κ3) is 5.48. The first-order valence-corrected chi connectivity index (χ1v) is 16.0. The highest BCUT2D eigenvalue weighted by Crippen LogP contribution is 2.47. The van der Waals surface area contributed by atoms with Gasteiger partial charge in [-0.25, -0.2) is 0 Å². The predicted octanol–water partition coefficient (Wildman–Crippen LogP) is 10.0. The Balaban J connectivity index is 1.87. The minimum absolute atomic E-state index is 0.524. The van der Waals surface area contributed by atoms with Crippen molar-refractivity contribution >= 4 is 172 Å². The highest BCUT2D eigenvalue weighted by Gasteiger charge is 2.28. The molecule has 0 bridgehead atoms. The summed E-state index contributed by atoms with van der Waals surface area (Å²) in [7, 11) is 0. The Labute approximate surface area is 288 Å². The summed E-state index contributed by atoms with van der Waals surface area (Å²) >= 11 is 59.0. The first-order chi connectivity index (χ1) is 17.7. The molecule has 1 aliphatic rings. The monoisotopic (exact) mass is 716 g/mol. The molecule has 0 saturated carbocycles. The van der Waals surface area contributed by atoms with Crippen LogP contribution in [0.15, 0.2) is 73.2 Å². The maximum absolute atomic E-state index is 5.90. The van der Waals surface area contributed by atoms with E-state index >= 15 is 0 Å². The Kier molecular flexibility index (Phi) is 10.2. The average Bonchev–Trinajstić information content (AvgIpc) is 2.87. The normalized spacial score (nSPS) is 13.9. The second-order valence-electron chi connectivity index (χ2n) is 8.52. The van der Waals surface area contributed by atoms with Gasteiger partial charge in [-0.1, -0.05) is 24.4 Å². The number of hydrogen-bond donors (Lipinski definition) is 10. The number of thiol groups is 10. The lowest BCUT2D eigenvalue weighted by atomic mass is 9.89. The van der Waals surface area contributed by atoms with Gasteiger partial charge in [0, 0.05) is 70.5 Å². The van der Waals surface area contributed by atoms with E-state index in [0.717, 1.165) is 53.0 Å². The standard InChI is InChI=1S/C26H20S12/c1-7-13(27)5-11(23(35)19(7)31)17-15(29)3-9(21(33)25(17)37)10-4-16(30)18(26(38)22(10)34)12-6-14(28)8(2)20(32)24(12)36/h3-6,27-29,31-33,35-38H,1-2H3. The van der Waals surface area contributed by atoms with Crippen LogP contribution in [-0.4, -0.2) is 9.73 Å². The van der Waals surface area contributed by atoms with Crippen molar-refractivity contribution < 1.29 is 0 Å². The molecule has 0 N–H and O–H groups in total.